The SMILES string of the molecule is CCC1(C(=O)O)CCN(c2c(Br)cncc2[N+](=O)[O-])C1. The predicted octanol–water partition coefficient (Wildman–Crippen LogP) is 2.44. The molecule has 1 aliphatic heterocycles. The Hall–Kier alpha value is -1.70. The van der Waals surface area contributed by atoms with E-state index in [9.17, 15) is 20.0 Å². The highest BCUT2D eigenvalue weighted by atomic mass is 79.9. The maximum absolute atomic E-state index is 11.5. The number of carbonyl (C=O) groups is 1. The van der Waals surface area contributed by atoms with Crippen LogP contribution in [0.2, 0.25) is 0 Å². The zero-order valence-electron chi connectivity index (χ0n) is 10.9. The molecule has 1 atom stereocenters. The fourth-order valence-corrected chi connectivity index (χ4v) is 3.11. The van der Waals surface area contributed by atoms with E-state index in [1.165, 1.54) is 12.4 Å². The number of anilines is 1. The molecule has 8 heteroatoms. The maximum Gasteiger partial charge on any atom is 0.311 e. The minimum absolute atomic E-state index is 0.114. The number of hydrogen-bond donors (Lipinski definition) is 1. The molecule has 20 heavy (non-hydrogen) atoms. The van der Waals surface area contributed by atoms with Crippen LogP contribution in [0, 0.1) is 15.5 Å². The molecule has 2 heterocycles. The lowest BCUT2D eigenvalue weighted by Crippen LogP contribution is -2.34. The second-order valence-electron chi connectivity index (χ2n) is 4.86. The minimum atomic E-state index is -0.852. The summed E-state index contributed by atoms with van der Waals surface area (Å²) < 4.78 is 0.504. The number of halogens is 1. The molecule has 0 aromatic carbocycles. The van der Waals surface area contributed by atoms with Gasteiger partial charge in [-0.1, -0.05) is 6.92 Å². The predicted molar refractivity (Wildman–Crippen MR) is 75.8 cm³/mol. The Bertz CT molecular complexity index is 566. The van der Waals surface area contributed by atoms with Gasteiger partial charge in [-0.15, -0.1) is 0 Å². The smallest absolute Gasteiger partial charge is 0.311 e. The number of aliphatic carboxylic acids is 1. The Labute approximate surface area is 123 Å². The molecular weight excluding hydrogens is 330 g/mol. The third kappa shape index (κ3) is 2.35. The van der Waals surface area contributed by atoms with Gasteiger partial charge in [-0.3, -0.25) is 19.9 Å². The first-order valence-corrected chi connectivity index (χ1v) is 6.97. The summed E-state index contributed by atoms with van der Waals surface area (Å²) in [5, 5.41) is 20.5. The van der Waals surface area contributed by atoms with Crippen LogP contribution in [0.4, 0.5) is 11.4 Å². The van der Waals surface area contributed by atoms with E-state index >= 15 is 0 Å². The van der Waals surface area contributed by atoms with Crippen LogP contribution in [-0.4, -0.2) is 34.1 Å². The maximum atomic E-state index is 11.5. The summed E-state index contributed by atoms with van der Waals surface area (Å²) in [4.78, 5) is 27.6. The first-order valence-electron chi connectivity index (χ1n) is 6.17. The lowest BCUT2D eigenvalue weighted by Gasteiger charge is -2.24. The summed E-state index contributed by atoms with van der Waals surface area (Å²) in [5.74, 6) is -0.852. The van der Waals surface area contributed by atoms with E-state index in [1.807, 2.05) is 6.92 Å². The number of pyridine rings is 1. The lowest BCUT2D eigenvalue weighted by atomic mass is 9.84. The largest absolute Gasteiger partial charge is 0.481 e. The van der Waals surface area contributed by atoms with Crippen LogP contribution < -0.4 is 4.90 Å². The number of aromatic nitrogens is 1. The Morgan fingerprint density at radius 3 is 2.85 bits per heavy atom. The van der Waals surface area contributed by atoms with E-state index in [2.05, 4.69) is 20.9 Å². The third-order valence-corrected chi connectivity index (χ3v) is 4.43. The molecule has 1 unspecified atom stereocenters. The van der Waals surface area contributed by atoms with Crippen molar-refractivity contribution in [2.45, 2.75) is 19.8 Å². The topological polar surface area (TPSA) is 96.6 Å². The van der Waals surface area contributed by atoms with Crippen LogP contribution in [0.15, 0.2) is 16.9 Å². The van der Waals surface area contributed by atoms with Gasteiger partial charge in [-0.2, -0.15) is 0 Å². The second kappa shape index (κ2) is 5.35. The third-order valence-electron chi connectivity index (χ3n) is 3.85. The van der Waals surface area contributed by atoms with Gasteiger partial charge in [0.25, 0.3) is 0 Å². The summed E-state index contributed by atoms with van der Waals surface area (Å²) in [5.41, 5.74) is -0.547. The van der Waals surface area contributed by atoms with Gasteiger partial charge >= 0.3 is 11.7 Å². The summed E-state index contributed by atoms with van der Waals surface area (Å²) in [7, 11) is 0. The highest BCUT2D eigenvalue weighted by Gasteiger charge is 2.45. The van der Waals surface area contributed by atoms with Crippen molar-refractivity contribution in [2.75, 3.05) is 18.0 Å². The first-order chi connectivity index (χ1) is 9.41. The van der Waals surface area contributed by atoms with Crippen molar-refractivity contribution in [1.29, 1.82) is 0 Å². The summed E-state index contributed by atoms with van der Waals surface area (Å²) in [6, 6.07) is 0. The number of nitrogens with zero attached hydrogens (tertiary/aromatic N) is 3. The number of rotatable bonds is 4. The molecule has 0 amide bonds. The summed E-state index contributed by atoms with van der Waals surface area (Å²) >= 11 is 3.27. The number of carboxylic acids is 1. The standard InChI is InChI=1S/C12H14BrN3O4/c1-2-12(11(17)18)3-4-15(7-12)10-8(13)5-14-6-9(10)16(19)20/h5-6H,2-4,7H2,1H3,(H,17,18). The first kappa shape index (κ1) is 14.7. The van der Waals surface area contributed by atoms with E-state index in [4.69, 9.17) is 0 Å². The lowest BCUT2D eigenvalue weighted by molar-refractivity contribution is -0.384. The molecule has 0 radical (unpaired) electrons. The van der Waals surface area contributed by atoms with Gasteiger partial charge in [0.2, 0.25) is 0 Å². The van der Waals surface area contributed by atoms with Crippen LogP contribution in [0.1, 0.15) is 19.8 Å². The van der Waals surface area contributed by atoms with Crippen LogP contribution in [-0.2, 0) is 4.79 Å². The van der Waals surface area contributed by atoms with Gasteiger partial charge in [0.15, 0.2) is 0 Å². The Morgan fingerprint density at radius 2 is 2.35 bits per heavy atom. The minimum Gasteiger partial charge on any atom is -0.481 e. The number of carboxylic acid groups (broad SMARTS) is 1. The molecule has 2 rings (SSSR count). The molecule has 1 saturated heterocycles. The zero-order chi connectivity index (χ0) is 14.9. The van der Waals surface area contributed by atoms with Gasteiger partial charge < -0.3 is 10.0 Å². The molecule has 1 fully saturated rings. The van der Waals surface area contributed by atoms with Crippen LogP contribution in [0.5, 0.6) is 0 Å². The molecule has 1 N–H and O–H groups in total. The van der Waals surface area contributed by atoms with Crippen LogP contribution in [0.25, 0.3) is 0 Å². The molecule has 1 aliphatic rings. The van der Waals surface area contributed by atoms with Gasteiger partial charge in [-0.25, -0.2) is 0 Å². The van der Waals surface area contributed by atoms with Gasteiger partial charge in [0.05, 0.1) is 14.8 Å². The van der Waals surface area contributed by atoms with E-state index in [0.717, 1.165) is 0 Å². The molecule has 0 aliphatic carbocycles. The van der Waals surface area contributed by atoms with E-state index < -0.39 is 16.3 Å². The highest BCUT2D eigenvalue weighted by molar-refractivity contribution is 9.10. The zero-order valence-corrected chi connectivity index (χ0v) is 12.5. The Morgan fingerprint density at radius 1 is 1.65 bits per heavy atom. The molecule has 1 aromatic rings. The van der Waals surface area contributed by atoms with Crippen molar-refractivity contribution < 1.29 is 14.8 Å². The molecular formula is C12H14BrN3O4. The van der Waals surface area contributed by atoms with Crippen molar-refractivity contribution in [3.63, 3.8) is 0 Å². The van der Waals surface area contributed by atoms with Crippen molar-refractivity contribution >= 4 is 33.3 Å². The average molecular weight is 344 g/mol. The number of nitro groups is 1. The quantitative estimate of drug-likeness (QED) is 0.666. The van der Waals surface area contributed by atoms with Crippen molar-refractivity contribution in [2.24, 2.45) is 5.41 Å². The Kier molecular flexibility index (Phi) is 3.94. The fraction of sp³-hybridized carbons (Fsp3) is 0.500. The van der Waals surface area contributed by atoms with E-state index in [1.54, 1.807) is 4.90 Å². The molecule has 108 valence electrons. The van der Waals surface area contributed by atoms with Crippen molar-refractivity contribution in [3.8, 4) is 0 Å². The Balaban J connectivity index is 2.40. The molecule has 7 nitrogen and oxygen atoms in total. The highest BCUT2D eigenvalue weighted by Crippen LogP contribution is 2.42. The summed E-state index contributed by atoms with van der Waals surface area (Å²) in [6.07, 6.45) is 3.64. The average Bonchev–Trinajstić information content (AvgIpc) is 2.83. The fourth-order valence-electron chi connectivity index (χ4n) is 2.54. The van der Waals surface area contributed by atoms with Crippen LogP contribution in [0.3, 0.4) is 0 Å². The second-order valence-corrected chi connectivity index (χ2v) is 5.71. The molecule has 0 bridgehead atoms. The van der Waals surface area contributed by atoms with Gasteiger partial charge in [0.1, 0.15) is 11.9 Å². The molecule has 0 spiro atoms. The molecule has 0 saturated carbocycles. The normalized spacial score (nSPS) is 22.0. The molecule has 1 aromatic heterocycles. The van der Waals surface area contributed by atoms with Gasteiger partial charge in [-0.05, 0) is 28.8 Å². The summed E-state index contributed by atoms with van der Waals surface area (Å²) in [6.45, 7) is 2.57. The van der Waals surface area contributed by atoms with Crippen molar-refractivity contribution in [3.05, 3.63) is 27.0 Å². The van der Waals surface area contributed by atoms with Gasteiger partial charge in [0, 0.05) is 19.3 Å². The van der Waals surface area contributed by atoms with E-state index in [0.29, 0.717) is 29.5 Å². The number of hydrogen-bond acceptors (Lipinski definition) is 5. The monoisotopic (exact) mass is 343 g/mol. The van der Waals surface area contributed by atoms with Crippen molar-refractivity contribution in [1.82, 2.24) is 4.98 Å². The van der Waals surface area contributed by atoms with E-state index in [-0.39, 0.29) is 12.2 Å². The van der Waals surface area contributed by atoms with Crippen LogP contribution >= 0.6 is 15.9 Å².